The smallest absolute Gasteiger partial charge is 0.0220 e. The average molecular weight is 212 g/mol. The molecule has 90 valence electrons. The van der Waals surface area contributed by atoms with Crippen LogP contribution in [0.25, 0.3) is 0 Å². The molecule has 0 aromatic heterocycles. The molecule has 2 atom stereocenters. The Balaban J connectivity index is 2.37. The SMILES string of the molecule is CCC(C)NC(CN)C1CCC(C)CC1. The number of rotatable bonds is 5. The van der Waals surface area contributed by atoms with Crippen molar-refractivity contribution >= 4 is 0 Å². The van der Waals surface area contributed by atoms with Crippen LogP contribution in [0.5, 0.6) is 0 Å². The maximum atomic E-state index is 5.88. The molecule has 0 heterocycles. The highest BCUT2D eigenvalue weighted by molar-refractivity contribution is 4.83. The highest BCUT2D eigenvalue weighted by Crippen LogP contribution is 2.30. The van der Waals surface area contributed by atoms with Gasteiger partial charge in [-0.1, -0.05) is 26.7 Å². The summed E-state index contributed by atoms with van der Waals surface area (Å²) in [5.41, 5.74) is 5.88. The summed E-state index contributed by atoms with van der Waals surface area (Å²) in [6.07, 6.45) is 6.71. The van der Waals surface area contributed by atoms with E-state index in [-0.39, 0.29) is 0 Å². The third-order valence-electron chi connectivity index (χ3n) is 3.99. The van der Waals surface area contributed by atoms with Crippen LogP contribution in [-0.2, 0) is 0 Å². The Morgan fingerprint density at radius 2 is 1.87 bits per heavy atom. The first-order chi connectivity index (χ1) is 7.17. The van der Waals surface area contributed by atoms with Gasteiger partial charge in [0.25, 0.3) is 0 Å². The van der Waals surface area contributed by atoms with Crippen molar-refractivity contribution in [1.29, 1.82) is 0 Å². The standard InChI is InChI=1S/C13H28N2/c1-4-11(3)15-13(9-14)12-7-5-10(2)6-8-12/h10-13,15H,4-9,14H2,1-3H3. The first-order valence-corrected chi connectivity index (χ1v) is 6.63. The molecule has 1 saturated carbocycles. The Labute approximate surface area is 95.0 Å². The maximum absolute atomic E-state index is 5.88. The van der Waals surface area contributed by atoms with Crippen molar-refractivity contribution in [2.75, 3.05) is 6.54 Å². The molecular weight excluding hydrogens is 184 g/mol. The van der Waals surface area contributed by atoms with Gasteiger partial charge in [-0.2, -0.15) is 0 Å². The van der Waals surface area contributed by atoms with Gasteiger partial charge < -0.3 is 11.1 Å². The van der Waals surface area contributed by atoms with Gasteiger partial charge in [-0.15, -0.1) is 0 Å². The molecule has 2 nitrogen and oxygen atoms in total. The second-order valence-corrected chi connectivity index (χ2v) is 5.34. The zero-order chi connectivity index (χ0) is 11.3. The van der Waals surface area contributed by atoms with Crippen LogP contribution in [0.1, 0.15) is 52.9 Å². The van der Waals surface area contributed by atoms with E-state index in [1.807, 2.05) is 0 Å². The van der Waals surface area contributed by atoms with Crippen molar-refractivity contribution in [2.24, 2.45) is 17.6 Å². The summed E-state index contributed by atoms with van der Waals surface area (Å²) in [6.45, 7) is 7.65. The lowest BCUT2D eigenvalue weighted by Crippen LogP contribution is -2.47. The van der Waals surface area contributed by atoms with Crippen LogP contribution in [0.2, 0.25) is 0 Å². The Bertz CT molecular complexity index is 162. The summed E-state index contributed by atoms with van der Waals surface area (Å²) in [5.74, 6) is 1.75. The fraction of sp³-hybridized carbons (Fsp3) is 1.00. The number of nitrogens with one attached hydrogen (secondary N) is 1. The summed E-state index contributed by atoms with van der Waals surface area (Å²) in [7, 11) is 0. The lowest BCUT2D eigenvalue weighted by atomic mass is 9.79. The van der Waals surface area contributed by atoms with Gasteiger partial charge in [-0.3, -0.25) is 0 Å². The lowest BCUT2D eigenvalue weighted by molar-refractivity contribution is 0.222. The van der Waals surface area contributed by atoms with Crippen LogP contribution in [0.15, 0.2) is 0 Å². The minimum atomic E-state index is 0.549. The molecule has 1 fully saturated rings. The molecule has 0 radical (unpaired) electrons. The summed E-state index contributed by atoms with van der Waals surface area (Å²) < 4.78 is 0. The molecule has 2 unspecified atom stereocenters. The lowest BCUT2D eigenvalue weighted by Gasteiger charge is -2.34. The number of nitrogens with two attached hydrogens (primary N) is 1. The van der Waals surface area contributed by atoms with Crippen molar-refractivity contribution in [3.63, 3.8) is 0 Å². The molecule has 0 aliphatic heterocycles. The predicted octanol–water partition coefficient (Wildman–Crippen LogP) is 2.53. The summed E-state index contributed by atoms with van der Waals surface area (Å²) in [5, 5.41) is 3.68. The molecule has 15 heavy (non-hydrogen) atoms. The van der Waals surface area contributed by atoms with E-state index in [2.05, 4.69) is 26.1 Å². The molecular formula is C13H28N2. The first-order valence-electron chi connectivity index (χ1n) is 6.63. The van der Waals surface area contributed by atoms with Gasteiger partial charge in [0.1, 0.15) is 0 Å². The molecule has 3 N–H and O–H groups in total. The van der Waals surface area contributed by atoms with E-state index < -0.39 is 0 Å². The van der Waals surface area contributed by atoms with E-state index in [1.54, 1.807) is 0 Å². The van der Waals surface area contributed by atoms with Crippen LogP contribution in [0.3, 0.4) is 0 Å². The Kier molecular flexibility index (Phi) is 5.62. The van der Waals surface area contributed by atoms with Gasteiger partial charge in [0.05, 0.1) is 0 Å². The van der Waals surface area contributed by atoms with E-state index in [9.17, 15) is 0 Å². The number of hydrogen-bond acceptors (Lipinski definition) is 2. The van der Waals surface area contributed by atoms with E-state index >= 15 is 0 Å². The van der Waals surface area contributed by atoms with Gasteiger partial charge in [0.2, 0.25) is 0 Å². The van der Waals surface area contributed by atoms with Crippen LogP contribution in [0, 0.1) is 11.8 Å². The van der Waals surface area contributed by atoms with E-state index in [1.165, 1.54) is 32.1 Å². The monoisotopic (exact) mass is 212 g/mol. The average Bonchev–Trinajstić information content (AvgIpc) is 2.27. The first kappa shape index (κ1) is 13.0. The third kappa shape index (κ3) is 4.12. The summed E-state index contributed by atoms with van der Waals surface area (Å²) in [6, 6.07) is 1.16. The molecule has 1 aliphatic carbocycles. The molecule has 0 spiro atoms. The second-order valence-electron chi connectivity index (χ2n) is 5.34. The highest BCUT2D eigenvalue weighted by Gasteiger charge is 2.25. The van der Waals surface area contributed by atoms with Gasteiger partial charge >= 0.3 is 0 Å². The second kappa shape index (κ2) is 6.49. The normalized spacial score (nSPS) is 31.2. The van der Waals surface area contributed by atoms with Crippen molar-refractivity contribution in [3.05, 3.63) is 0 Å². The molecule has 1 aliphatic rings. The largest absolute Gasteiger partial charge is 0.329 e. The molecule has 0 aromatic carbocycles. The molecule has 2 heteroatoms. The van der Waals surface area contributed by atoms with Crippen molar-refractivity contribution in [3.8, 4) is 0 Å². The molecule has 0 aromatic rings. The fourth-order valence-corrected chi connectivity index (χ4v) is 2.57. The topological polar surface area (TPSA) is 38.0 Å². The van der Waals surface area contributed by atoms with E-state index in [0.717, 1.165) is 18.4 Å². The van der Waals surface area contributed by atoms with Crippen LogP contribution < -0.4 is 11.1 Å². The van der Waals surface area contributed by atoms with Gasteiger partial charge in [0, 0.05) is 18.6 Å². The Hall–Kier alpha value is -0.0800. The van der Waals surface area contributed by atoms with Crippen molar-refractivity contribution < 1.29 is 0 Å². The van der Waals surface area contributed by atoms with Gasteiger partial charge in [0.15, 0.2) is 0 Å². The predicted molar refractivity (Wildman–Crippen MR) is 66.9 cm³/mol. The molecule has 1 rings (SSSR count). The van der Waals surface area contributed by atoms with Crippen LogP contribution >= 0.6 is 0 Å². The number of hydrogen-bond donors (Lipinski definition) is 2. The minimum Gasteiger partial charge on any atom is -0.329 e. The van der Waals surface area contributed by atoms with Crippen molar-refractivity contribution in [1.82, 2.24) is 5.32 Å². The zero-order valence-electron chi connectivity index (χ0n) is 10.6. The van der Waals surface area contributed by atoms with Gasteiger partial charge in [-0.05, 0) is 38.0 Å². The zero-order valence-corrected chi connectivity index (χ0v) is 10.6. The van der Waals surface area contributed by atoms with E-state index in [0.29, 0.717) is 12.1 Å². The fourth-order valence-electron chi connectivity index (χ4n) is 2.57. The third-order valence-corrected chi connectivity index (χ3v) is 3.99. The maximum Gasteiger partial charge on any atom is 0.0220 e. The van der Waals surface area contributed by atoms with Crippen LogP contribution in [-0.4, -0.2) is 18.6 Å². The van der Waals surface area contributed by atoms with Gasteiger partial charge in [-0.25, -0.2) is 0 Å². The van der Waals surface area contributed by atoms with Crippen LogP contribution in [0.4, 0.5) is 0 Å². The minimum absolute atomic E-state index is 0.549. The molecule has 0 saturated heterocycles. The quantitative estimate of drug-likeness (QED) is 0.735. The molecule has 0 bridgehead atoms. The molecule has 0 amide bonds. The Morgan fingerprint density at radius 1 is 1.27 bits per heavy atom. The Morgan fingerprint density at radius 3 is 2.33 bits per heavy atom. The summed E-state index contributed by atoms with van der Waals surface area (Å²) in [4.78, 5) is 0. The van der Waals surface area contributed by atoms with Crippen molar-refractivity contribution in [2.45, 2.75) is 65.0 Å². The van der Waals surface area contributed by atoms with E-state index in [4.69, 9.17) is 5.73 Å². The summed E-state index contributed by atoms with van der Waals surface area (Å²) >= 11 is 0. The highest BCUT2D eigenvalue weighted by atomic mass is 15.0.